The van der Waals surface area contributed by atoms with Gasteiger partial charge in [-0.15, -0.1) is 0 Å². The van der Waals surface area contributed by atoms with E-state index in [2.05, 4.69) is 0 Å². The minimum atomic E-state index is -1.26. The molecule has 2 aliphatic carbocycles. The van der Waals surface area contributed by atoms with Crippen LogP contribution in [-0.2, 0) is 18.6 Å². The predicted octanol–water partition coefficient (Wildman–Crippen LogP) is 4.84. The second kappa shape index (κ2) is 8.36. The highest BCUT2D eigenvalue weighted by Gasteiger charge is 2.55. The van der Waals surface area contributed by atoms with Crippen LogP contribution in [0, 0.1) is 11.6 Å². The maximum Gasteiger partial charge on any atom is 0.305 e. The number of carbonyl (C=O) groups is 1. The molecule has 2 heterocycles. The zero-order valence-electron chi connectivity index (χ0n) is 20.4. The van der Waals surface area contributed by atoms with E-state index >= 15 is 4.48 Å². The maximum absolute atomic E-state index is 15.5. The number of hydrogen-bond donors (Lipinski definition) is 0. The van der Waals surface area contributed by atoms with Crippen molar-refractivity contribution in [2.24, 2.45) is 0 Å². The zero-order chi connectivity index (χ0) is 26.9. The Labute approximate surface area is 220 Å². The molecule has 9 heteroatoms. The van der Waals surface area contributed by atoms with Crippen LogP contribution in [0.2, 0.25) is 0 Å². The van der Waals surface area contributed by atoms with Crippen molar-refractivity contribution in [3.63, 3.8) is 0 Å². The first kappa shape index (κ1) is 23.3. The van der Waals surface area contributed by atoms with Gasteiger partial charge in [-0.2, -0.15) is 5.12 Å². The number of ether oxygens (including phenoxy) is 1. The van der Waals surface area contributed by atoms with Crippen LogP contribution >= 0.6 is 0 Å². The van der Waals surface area contributed by atoms with Gasteiger partial charge in [-0.1, -0.05) is 65.2 Å². The van der Waals surface area contributed by atoms with E-state index < -0.39 is 35.2 Å². The van der Waals surface area contributed by atoms with Crippen LogP contribution in [0.25, 0.3) is 6.08 Å². The highest BCUT2D eigenvalue weighted by molar-refractivity contribution is 5.96. The normalized spacial score (nSPS) is 18.8. The maximum atomic E-state index is 15.5. The van der Waals surface area contributed by atoms with E-state index in [-0.39, 0.29) is 23.2 Å². The molecule has 3 aliphatic rings. The minimum Gasteiger partial charge on any atom is -0.482 e. The summed E-state index contributed by atoms with van der Waals surface area (Å²) >= 11 is 0. The summed E-state index contributed by atoms with van der Waals surface area (Å²) in [5, 5.41) is 1.58. The van der Waals surface area contributed by atoms with Gasteiger partial charge >= 0.3 is 5.91 Å². The summed E-state index contributed by atoms with van der Waals surface area (Å²) in [5.41, 5.74) is 1.96. The monoisotopic (exact) mass is 527 g/mol. The summed E-state index contributed by atoms with van der Waals surface area (Å²) in [4.78, 5) is 26.1. The molecule has 1 aromatic heterocycles. The van der Waals surface area contributed by atoms with Gasteiger partial charge in [-0.05, 0) is 51.9 Å². The average molecular weight is 528 g/mol. The quantitative estimate of drug-likeness (QED) is 0.357. The molecule has 194 valence electrons. The van der Waals surface area contributed by atoms with Gasteiger partial charge in [0.05, 0.1) is 0 Å². The van der Waals surface area contributed by atoms with Crippen LogP contribution in [-0.4, -0.2) is 22.4 Å². The molecule has 0 N–H and O–H groups in total. The van der Waals surface area contributed by atoms with Crippen LogP contribution in [0.5, 0.6) is 5.75 Å². The van der Waals surface area contributed by atoms with Gasteiger partial charge in [0, 0.05) is 12.3 Å². The molecular formula is C30H20F3N3O3. The molecule has 0 saturated heterocycles. The van der Waals surface area contributed by atoms with Crippen molar-refractivity contribution < 1.29 is 22.8 Å². The van der Waals surface area contributed by atoms with Crippen molar-refractivity contribution in [2.45, 2.75) is 18.6 Å². The number of pyridine rings is 1. The molecule has 7 rings (SSSR count). The second-order valence-corrected chi connectivity index (χ2v) is 9.75. The molecule has 1 unspecified atom stereocenters. The number of carbonyl (C=O) groups excluding carboxylic acids is 1. The third-order valence-electron chi connectivity index (χ3n) is 7.65. The Bertz CT molecular complexity index is 1770. The van der Waals surface area contributed by atoms with E-state index in [9.17, 15) is 18.4 Å². The highest BCUT2D eigenvalue weighted by Crippen LogP contribution is 2.55. The van der Waals surface area contributed by atoms with E-state index in [0.717, 1.165) is 34.4 Å². The van der Waals surface area contributed by atoms with Crippen LogP contribution < -0.4 is 15.2 Å². The number of aromatic nitrogens is 1. The minimum absolute atomic E-state index is 0.00925. The fourth-order valence-electron chi connectivity index (χ4n) is 6.04. The first-order chi connectivity index (χ1) is 18.9. The SMILES string of the molecule is O=C1c2c(OCc3ccccc3)c(=O)ccn2N(C23C(=Cc4cc(F)c(F)cc42)Cc2ccccc23)CN1F. The number of hydrogen-bond acceptors (Lipinski definition) is 4. The van der Waals surface area contributed by atoms with E-state index in [1.54, 1.807) is 23.2 Å². The molecule has 0 spiro atoms. The summed E-state index contributed by atoms with van der Waals surface area (Å²) in [6.45, 7) is -0.546. The molecule has 1 amide bonds. The summed E-state index contributed by atoms with van der Waals surface area (Å²) < 4.78 is 51.8. The van der Waals surface area contributed by atoms with E-state index in [0.29, 0.717) is 17.5 Å². The lowest BCUT2D eigenvalue weighted by Crippen LogP contribution is -2.60. The lowest BCUT2D eigenvalue weighted by atomic mass is 9.83. The Morgan fingerprint density at radius 2 is 1.64 bits per heavy atom. The molecule has 0 saturated carbocycles. The number of benzene rings is 3. The van der Waals surface area contributed by atoms with Crippen LogP contribution in [0.15, 0.2) is 89.4 Å². The Kier molecular flexibility index (Phi) is 5.00. The summed E-state index contributed by atoms with van der Waals surface area (Å²) in [5.74, 6) is -3.36. The van der Waals surface area contributed by atoms with Crippen LogP contribution in [0.4, 0.5) is 13.3 Å². The Morgan fingerprint density at radius 3 is 2.46 bits per heavy atom. The van der Waals surface area contributed by atoms with Crippen molar-refractivity contribution in [1.82, 2.24) is 9.80 Å². The standard InChI is InChI=1S/C30H20F3N3O3/c31-24-14-20-13-21-12-19-8-4-5-9-22(19)30(21,23(20)15-25(24)32)36-17-34(33)29(38)27-28(26(37)10-11-35(27)36)39-16-18-6-2-1-3-7-18/h1-11,13-15H,12,16-17H2. The zero-order valence-corrected chi connectivity index (χ0v) is 20.4. The molecule has 3 aromatic carbocycles. The first-order valence-corrected chi connectivity index (χ1v) is 12.4. The van der Waals surface area contributed by atoms with E-state index in [4.69, 9.17) is 4.74 Å². The first-order valence-electron chi connectivity index (χ1n) is 12.4. The van der Waals surface area contributed by atoms with Crippen molar-refractivity contribution in [3.05, 3.63) is 140 Å². The molecule has 4 aromatic rings. The fraction of sp³-hybridized carbons (Fsp3) is 0.133. The number of amides is 1. The molecule has 39 heavy (non-hydrogen) atoms. The number of halogens is 3. The Morgan fingerprint density at radius 1 is 0.897 bits per heavy atom. The van der Waals surface area contributed by atoms with Gasteiger partial charge in [0.25, 0.3) is 0 Å². The second-order valence-electron chi connectivity index (χ2n) is 9.75. The fourth-order valence-corrected chi connectivity index (χ4v) is 6.04. The third-order valence-corrected chi connectivity index (χ3v) is 7.65. The van der Waals surface area contributed by atoms with E-state index in [1.165, 1.54) is 16.9 Å². The molecular weight excluding hydrogens is 507 g/mol. The number of rotatable bonds is 4. The van der Waals surface area contributed by atoms with Crippen molar-refractivity contribution in [2.75, 3.05) is 11.7 Å². The highest BCUT2D eigenvalue weighted by atomic mass is 19.2. The summed E-state index contributed by atoms with van der Waals surface area (Å²) in [7, 11) is 0. The largest absolute Gasteiger partial charge is 0.482 e. The van der Waals surface area contributed by atoms with Crippen LogP contribution in [0.1, 0.15) is 38.3 Å². The average Bonchev–Trinajstić information content (AvgIpc) is 3.42. The summed E-state index contributed by atoms with van der Waals surface area (Å²) in [6, 6.07) is 20.1. The lowest BCUT2D eigenvalue weighted by Gasteiger charge is -2.47. The molecule has 0 fully saturated rings. The van der Waals surface area contributed by atoms with Crippen molar-refractivity contribution >= 4 is 12.0 Å². The predicted molar refractivity (Wildman–Crippen MR) is 137 cm³/mol. The van der Waals surface area contributed by atoms with Gasteiger partial charge in [-0.3, -0.25) is 19.3 Å². The van der Waals surface area contributed by atoms with Crippen molar-refractivity contribution in [1.29, 1.82) is 0 Å². The van der Waals surface area contributed by atoms with Gasteiger partial charge in [0.1, 0.15) is 18.8 Å². The summed E-state index contributed by atoms with van der Waals surface area (Å²) in [6.07, 6.45) is 3.63. The van der Waals surface area contributed by atoms with Crippen molar-refractivity contribution in [3.8, 4) is 5.75 Å². The van der Waals surface area contributed by atoms with Gasteiger partial charge in [-0.25, -0.2) is 8.78 Å². The third kappa shape index (κ3) is 3.22. The van der Waals surface area contributed by atoms with Gasteiger partial charge in [0.15, 0.2) is 23.1 Å². The topological polar surface area (TPSA) is 54.8 Å². The molecule has 6 nitrogen and oxygen atoms in total. The van der Waals surface area contributed by atoms with Gasteiger partial charge < -0.3 is 4.74 Å². The number of fused-ring (bicyclic) bond motifs is 6. The Hall–Kier alpha value is -4.79. The Balaban J connectivity index is 1.46. The molecule has 1 atom stereocenters. The van der Waals surface area contributed by atoms with Gasteiger partial charge in [0.2, 0.25) is 5.43 Å². The van der Waals surface area contributed by atoms with E-state index in [1.807, 2.05) is 42.5 Å². The smallest absolute Gasteiger partial charge is 0.305 e. The number of nitrogens with zero attached hydrogens (tertiary/aromatic N) is 3. The molecule has 0 radical (unpaired) electrons. The molecule has 0 bridgehead atoms. The lowest BCUT2D eigenvalue weighted by molar-refractivity contribution is 0.00383. The van der Waals surface area contributed by atoms with Crippen LogP contribution in [0.3, 0.4) is 0 Å². The molecule has 1 aliphatic heterocycles.